The minimum atomic E-state index is 0.873. The average Bonchev–Trinajstić information content (AvgIpc) is 2.99. The number of pyridine rings is 1. The van der Waals surface area contributed by atoms with Crippen LogP contribution in [0.15, 0.2) is 72.9 Å². The largest absolute Gasteiger partial charge is 0.277 e. The number of fused-ring (bicyclic) bond motifs is 1. The van der Waals surface area contributed by atoms with Crippen LogP contribution >= 0.6 is 0 Å². The highest BCUT2D eigenvalue weighted by atomic mass is 15.1. The van der Waals surface area contributed by atoms with Gasteiger partial charge in [0.05, 0.1) is 11.0 Å². The molecule has 0 radical (unpaired) electrons. The van der Waals surface area contributed by atoms with Crippen molar-refractivity contribution < 1.29 is 0 Å². The molecule has 0 spiro atoms. The molecule has 0 saturated heterocycles. The quantitative estimate of drug-likeness (QED) is 0.539. The number of nitrogens with zero attached hydrogens (tertiary/aromatic N) is 3. The van der Waals surface area contributed by atoms with Gasteiger partial charge in [-0.2, -0.15) is 0 Å². The first-order chi connectivity index (χ1) is 11.8. The van der Waals surface area contributed by atoms with Gasteiger partial charge in [0.15, 0.2) is 0 Å². The summed E-state index contributed by atoms with van der Waals surface area (Å²) in [6, 6.07) is 22.5. The Morgan fingerprint density at radius 2 is 1.71 bits per heavy atom. The second kappa shape index (κ2) is 6.13. The van der Waals surface area contributed by atoms with Gasteiger partial charge < -0.3 is 0 Å². The second-order valence-electron chi connectivity index (χ2n) is 5.73. The Kier molecular flexibility index (Phi) is 3.67. The maximum absolute atomic E-state index is 4.78. The molecule has 4 aromatic rings. The Bertz CT molecular complexity index is 999. The van der Waals surface area contributed by atoms with Crippen molar-refractivity contribution in [2.45, 2.75) is 6.92 Å². The molecule has 3 nitrogen and oxygen atoms in total. The van der Waals surface area contributed by atoms with E-state index in [1.165, 1.54) is 5.56 Å². The van der Waals surface area contributed by atoms with Crippen molar-refractivity contribution in [3.05, 3.63) is 89.9 Å². The van der Waals surface area contributed by atoms with Crippen molar-refractivity contribution in [1.82, 2.24) is 14.5 Å². The number of imidazole rings is 1. The Labute approximate surface area is 140 Å². The molecule has 0 N–H and O–H groups in total. The van der Waals surface area contributed by atoms with Gasteiger partial charge in [0.25, 0.3) is 0 Å². The van der Waals surface area contributed by atoms with Crippen LogP contribution in [0.25, 0.3) is 29.0 Å². The standard InChI is InChI=1S/C21H17N3/c1-16-10-12-18-19(15-16)24(20-9-5-6-14-22-20)21(23-18)13-11-17-7-3-2-4-8-17/h2-15H,1H3/b13-11+. The number of hydrogen-bond acceptors (Lipinski definition) is 2. The molecule has 3 heteroatoms. The molecule has 2 heterocycles. The first kappa shape index (κ1) is 14.4. The lowest BCUT2D eigenvalue weighted by Gasteiger charge is -2.06. The van der Waals surface area contributed by atoms with E-state index >= 15 is 0 Å². The topological polar surface area (TPSA) is 30.7 Å². The second-order valence-corrected chi connectivity index (χ2v) is 5.73. The van der Waals surface area contributed by atoms with Gasteiger partial charge in [-0.25, -0.2) is 9.97 Å². The SMILES string of the molecule is Cc1ccc2nc(/C=C/c3ccccc3)n(-c3ccccn3)c2c1. The highest BCUT2D eigenvalue weighted by molar-refractivity contribution is 5.82. The molecule has 2 aromatic carbocycles. The van der Waals surface area contributed by atoms with Crippen LogP contribution in [0.3, 0.4) is 0 Å². The lowest BCUT2D eigenvalue weighted by atomic mass is 10.2. The van der Waals surface area contributed by atoms with Gasteiger partial charge in [-0.15, -0.1) is 0 Å². The minimum absolute atomic E-state index is 0.873. The molecule has 24 heavy (non-hydrogen) atoms. The third-order valence-corrected chi connectivity index (χ3v) is 3.94. The lowest BCUT2D eigenvalue weighted by molar-refractivity contribution is 1.00. The van der Waals surface area contributed by atoms with E-state index in [1.54, 1.807) is 0 Å². The Morgan fingerprint density at radius 3 is 2.50 bits per heavy atom. The van der Waals surface area contributed by atoms with Gasteiger partial charge >= 0.3 is 0 Å². The summed E-state index contributed by atoms with van der Waals surface area (Å²) in [7, 11) is 0. The fraction of sp³-hybridized carbons (Fsp3) is 0.0476. The molecular formula is C21H17N3. The summed E-state index contributed by atoms with van der Waals surface area (Å²) < 4.78 is 2.10. The summed E-state index contributed by atoms with van der Waals surface area (Å²) in [6.07, 6.45) is 5.93. The van der Waals surface area contributed by atoms with Crippen molar-refractivity contribution in [2.24, 2.45) is 0 Å². The van der Waals surface area contributed by atoms with Crippen LogP contribution in [-0.4, -0.2) is 14.5 Å². The summed E-state index contributed by atoms with van der Waals surface area (Å²) in [5.41, 5.74) is 4.40. The zero-order valence-electron chi connectivity index (χ0n) is 13.4. The summed E-state index contributed by atoms with van der Waals surface area (Å²) in [5, 5.41) is 0. The molecule has 0 aliphatic heterocycles. The Hall–Kier alpha value is -3.20. The van der Waals surface area contributed by atoms with Crippen LogP contribution < -0.4 is 0 Å². The van der Waals surface area contributed by atoms with E-state index < -0.39 is 0 Å². The molecule has 0 aliphatic carbocycles. The van der Waals surface area contributed by atoms with Gasteiger partial charge in [0, 0.05) is 6.20 Å². The van der Waals surface area contributed by atoms with Gasteiger partial charge in [-0.1, -0.05) is 48.5 Å². The fourth-order valence-electron chi connectivity index (χ4n) is 2.78. The molecule has 0 aliphatic rings. The van der Waals surface area contributed by atoms with Crippen LogP contribution in [0.4, 0.5) is 0 Å². The van der Waals surface area contributed by atoms with E-state index in [2.05, 4.69) is 52.9 Å². The summed E-state index contributed by atoms with van der Waals surface area (Å²) in [6.45, 7) is 2.09. The van der Waals surface area contributed by atoms with Crippen molar-refractivity contribution in [3.63, 3.8) is 0 Å². The molecule has 0 atom stereocenters. The number of rotatable bonds is 3. The molecule has 2 aromatic heterocycles. The van der Waals surface area contributed by atoms with Gasteiger partial charge in [-0.05, 0) is 48.4 Å². The monoisotopic (exact) mass is 311 g/mol. The number of aromatic nitrogens is 3. The van der Waals surface area contributed by atoms with Gasteiger partial charge in [0.2, 0.25) is 0 Å². The van der Waals surface area contributed by atoms with Gasteiger partial charge in [-0.3, -0.25) is 4.57 Å². The van der Waals surface area contributed by atoms with E-state index in [0.29, 0.717) is 0 Å². The number of hydrogen-bond donors (Lipinski definition) is 0. The van der Waals surface area contributed by atoms with E-state index in [4.69, 9.17) is 4.98 Å². The maximum atomic E-state index is 4.78. The van der Waals surface area contributed by atoms with E-state index in [1.807, 2.05) is 48.7 Å². The molecule has 0 bridgehead atoms. The molecule has 116 valence electrons. The predicted octanol–water partition coefficient (Wildman–Crippen LogP) is 4.90. The van der Waals surface area contributed by atoms with Crippen LogP contribution in [0.5, 0.6) is 0 Å². The third kappa shape index (κ3) is 2.72. The third-order valence-electron chi connectivity index (χ3n) is 3.94. The summed E-state index contributed by atoms with van der Waals surface area (Å²) in [4.78, 5) is 9.29. The highest BCUT2D eigenvalue weighted by Gasteiger charge is 2.11. The highest BCUT2D eigenvalue weighted by Crippen LogP contribution is 2.23. The normalized spacial score (nSPS) is 11.4. The predicted molar refractivity (Wildman–Crippen MR) is 99.0 cm³/mol. The molecule has 0 saturated carbocycles. The first-order valence-corrected chi connectivity index (χ1v) is 7.95. The fourth-order valence-corrected chi connectivity index (χ4v) is 2.78. The average molecular weight is 311 g/mol. The summed E-state index contributed by atoms with van der Waals surface area (Å²) in [5.74, 6) is 1.75. The van der Waals surface area contributed by atoms with E-state index in [9.17, 15) is 0 Å². The van der Waals surface area contributed by atoms with Crippen molar-refractivity contribution in [3.8, 4) is 5.82 Å². The Balaban J connectivity index is 1.90. The summed E-state index contributed by atoms with van der Waals surface area (Å²) >= 11 is 0. The molecular weight excluding hydrogens is 294 g/mol. The van der Waals surface area contributed by atoms with Crippen LogP contribution in [0, 0.1) is 6.92 Å². The first-order valence-electron chi connectivity index (χ1n) is 7.95. The van der Waals surface area contributed by atoms with Crippen molar-refractivity contribution >= 4 is 23.2 Å². The van der Waals surface area contributed by atoms with Gasteiger partial charge in [0.1, 0.15) is 11.6 Å². The smallest absolute Gasteiger partial charge is 0.139 e. The Morgan fingerprint density at radius 1 is 0.875 bits per heavy atom. The maximum Gasteiger partial charge on any atom is 0.139 e. The van der Waals surface area contributed by atoms with Crippen LogP contribution in [-0.2, 0) is 0 Å². The zero-order chi connectivity index (χ0) is 16.4. The molecule has 0 amide bonds. The van der Waals surface area contributed by atoms with E-state index in [-0.39, 0.29) is 0 Å². The molecule has 4 rings (SSSR count). The number of benzene rings is 2. The van der Waals surface area contributed by atoms with Crippen LogP contribution in [0.1, 0.15) is 17.0 Å². The minimum Gasteiger partial charge on any atom is -0.277 e. The molecule has 0 fully saturated rings. The van der Waals surface area contributed by atoms with Crippen molar-refractivity contribution in [1.29, 1.82) is 0 Å². The zero-order valence-corrected chi connectivity index (χ0v) is 13.4. The van der Waals surface area contributed by atoms with Crippen molar-refractivity contribution in [2.75, 3.05) is 0 Å². The lowest BCUT2D eigenvalue weighted by Crippen LogP contribution is -1.99. The molecule has 0 unspecified atom stereocenters. The van der Waals surface area contributed by atoms with Crippen LogP contribution in [0.2, 0.25) is 0 Å². The number of aryl methyl sites for hydroxylation is 1. The van der Waals surface area contributed by atoms with E-state index in [0.717, 1.165) is 28.2 Å².